The molecule has 1 aromatic rings. The van der Waals surface area contributed by atoms with Crippen LogP contribution >= 0.6 is 0 Å². The maximum atomic E-state index is 3.78. The van der Waals surface area contributed by atoms with E-state index in [2.05, 4.69) is 69.1 Å². The van der Waals surface area contributed by atoms with Crippen molar-refractivity contribution in [2.24, 2.45) is 0 Å². The molecule has 2 atom stereocenters. The second-order valence-electron chi connectivity index (χ2n) is 7.14. The molecule has 1 N–H and O–H groups in total. The monoisotopic (exact) mass is 288 g/mol. The van der Waals surface area contributed by atoms with E-state index >= 15 is 0 Å². The predicted octanol–water partition coefficient (Wildman–Crippen LogP) is 3.99. The summed E-state index contributed by atoms with van der Waals surface area (Å²) in [7, 11) is 0. The highest BCUT2D eigenvalue weighted by Crippen LogP contribution is 2.29. The summed E-state index contributed by atoms with van der Waals surface area (Å²) in [5.74, 6) is 0. The molecule has 118 valence electrons. The maximum Gasteiger partial charge on any atom is 0.0307 e. The van der Waals surface area contributed by atoms with Gasteiger partial charge in [-0.15, -0.1) is 0 Å². The first-order valence-corrected chi connectivity index (χ1v) is 8.52. The Morgan fingerprint density at radius 3 is 2.14 bits per heavy atom. The van der Waals surface area contributed by atoms with Gasteiger partial charge in [-0.1, -0.05) is 45.0 Å². The first-order chi connectivity index (χ1) is 9.94. The second-order valence-corrected chi connectivity index (χ2v) is 7.14. The van der Waals surface area contributed by atoms with Crippen LogP contribution in [-0.2, 0) is 13.0 Å². The summed E-state index contributed by atoms with van der Waals surface area (Å²) in [6.07, 6.45) is 3.49. The molecular formula is C19H32N2. The van der Waals surface area contributed by atoms with Crippen LogP contribution in [0.5, 0.6) is 0 Å². The molecule has 0 radical (unpaired) electrons. The van der Waals surface area contributed by atoms with E-state index in [1.807, 2.05) is 0 Å². The Labute approximate surface area is 130 Å². The van der Waals surface area contributed by atoms with Gasteiger partial charge in [-0.05, 0) is 44.2 Å². The molecule has 0 spiro atoms. The third-order valence-corrected chi connectivity index (χ3v) is 5.55. The highest BCUT2D eigenvalue weighted by Gasteiger charge is 2.40. The standard InChI is InChI=1S/C19H32N2/c1-6-16-9-11-17(12-10-16)13-21-15-18(4,7-2)20-14-19(21,5)8-3/h9-12,20H,6-8,13-15H2,1-5H3. The fraction of sp³-hybridized carbons (Fsp3) is 0.684. The second kappa shape index (κ2) is 6.50. The van der Waals surface area contributed by atoms with Crippen LogP contribution in [0.4, 0.5) is 0 Å². The minimum Gasteiger partial charge on any atom is -0.308 e. The molecule has 2 heteroatoms. The summed E-state index contributed by atoms with van der Waals surface area (Å²) in [6, 6.07) is 9.17. The lowest BCUT2D eigenvalue weighted by molar-refractivity contribution is 0.0104. The van der Waals surface area contributed by atoms with Crippen molar-refractivity contribution in [1.82, 2.24) is 10.2 Å². The van der Waals surface area contributed by atoms with Crippen molar-refractivity contribution in [3.8, 4) is 0 Å². The van der Waals surface area contributed by atoms with Crippen LogP contribution in [-0.4, -0.2) is 29.1 Å². The van der Waals surface area contributed by atoms with Gasteiger partial charge in [0.1, 0.15) is 0 Å². The zero-order chi connectivity index (χ0) is 15.5. The fourth-order valence-electron chi connectivity index (χ4n) is 3.12. The van der Waals surface area contributed by atoms with Crippen molar-refractivity contribution >= 4 is 0 Å². The summed E-state index contributed by atoms with van der Waals surface area (Å²) in [5, 5.41) is 3.78. The quantitative estimate of drug-likeness (QED) is 0.881. The molecule has 0 bridgehead atoms. The summed E-state index contributed by atoms with van der Waals surface area (Å²) in [5.41, 5.74) is 3.37. The van der Waals surface area contributed by atoms with Crippen LogP contribution in [0.1, 0.15) is 58.6 Å². The maximum absolute atomic E-state index is 3.78. The van der Waals surface area contributed by atoms with Gasteiger partial charge in [-0.25, -0.2) is 0 Å². The number of rotatable bonds is 5. The highest BCUT2D eigenvalue weighted by molar-refractivity contribution is 5.23. The molecule has 0 aromatic heterocycles. The van der Waals surface area contributed by atoms with E-state index in [4.69, 9.17) is 0 Å². The van der Waals surface area contributed by atoms with Crippen LogP contribution < -0.4 is 5.32 Å². The van der Waals surface area contributed by atoms with Gasteiger partial charge >= 0.3 is 0 Å². The van der Waals surface area contributed by atoms with Crippen molar-refractivity contribution in [3.63, 3.8) is 0 Å². The number of nitrogens with zero attached hydrogens (tertiary/aromatic N) is 1. The van der Waals surface area contributed by atoms with Crippen molar-refractivity contribution < 1.29 is 0 Å². The number of aryl methyl sites for hydroxylation is 1. The molecule has 21 heavy (non-hydrogen) atoms. The average Bonchev–Trinajstić information content (AvgIpc) is 2.52. The predicted molar refractivity (Wildman–Crippen MR) is 91.6 cm³/mol. The Bertz CT molecular complexity index is 453. The van der Waals surface area contributed by atoms with Crippen molar-refractivity contribution in [2.75, 3.05) is 13.1 Å². The lowest BCUT2D eigenvalue weighted by atomic mass is 9.85. The first kappa shape index (κ1) is 16.5. The van der Waals surface area contributed by atoms with E-state index in [1.54, 1.807) is 0 Å². The SMILES string of the molecule is CCc1ccc(CN2CC(C)(CC)NCC2(C)CC)cc1. The van der Waals surface area contributed by atoms with E-state index < -0.39 is 0 Å². The molecule has 1 aliphatic rings. The Morgan fingerprint density at radius 2 is 1.62 bits per heavy atom. The van der Waals surface area contributed by atoms with E-state index in [0.29, 0.717) is 0 Å². The van der Waals surface area contributed by atoms with Crippen LogP contribution in [0.3, 0.4) is 0 Å². The molecule has 1 heterocycles. The van der Waals surface area contributed by atoms with Gasteiger partial charge in [-0.3, -0.25) is 4.90 Å². The smallest absolute Gasteiger partial charge is 0.0307 e. The van der Waals surface area contributed by atoms with E-state index in [-0.39, 0.29) is 11.1 Å². The zero-order valence-electron chi connectivity index (χ0n) is 14.5. The summed E-state index contributed by atoms with van der Waals surface area (Å²) >= 11 is 0. The van der Waals surface area contributed by atoms with E-state index in [0.717, 1.165) is 26.1 Å². The molecule has 1 fully saturated rings. The molecular weight excluding hydrogens is 256 g/mol. The number of hydrogen-bond donors (Lipinski definition) is 1. The van der Waals surface area contributed by atoms with Gasteiger partial charge in [0.2, 0.25) is 0 Å². The van der Waals surface area contributed by atoms with Crippen LogP contribution in [0.15, 0.2) is 24.3 Å². The molecule has 2 unspecified atom stereocenters. The first-order valence-electron chi connectivity index (χ1n) is 8.52. The number of benzene rings is 1. The lowest BCUT2D eigenvalue weighted by Gasteiger charge is -2.52. The van der Waals surface area contributed by atoms with Gasteiger partial charge in [0.15, 0.2) is 0 Å². The third-order valence-electron chi connectivity index (χ3n) is 5.55. The van der Waals surface area contributed by atoms with Crippen molar-refractivity contribution in [1.29, 1.82) is 0 Å². The van der Waals surface area contributed by atoms with E-state index in [9.17, 15) is 0 Å². The number of hydrogen-bond acceptors (Lipinski definition) is 2. The average molecular weight is 288 g/mol. The Morgan fingerprint density at radius 1 is 1.00 bits per heavy atom. The summed E-state index contributed by atoms with van der Waals surface area (Å²) in [6.45, 7) is 14.8. The number of piperazine rings is 1. The van der Waals surface area contributed by atoms with Crippen LogP contribution in [0.2, 0.25) is 0 Å². The molecule has 2 nitrogen and oxygen atoms in total. The molecule has 1 aliphatic heterocycles. The fourth-order valence-corrected chi connectivity index (χ4v) is 3.12. The van der Waals surface area contributed by atoms with Crippen molar-refractivity contribution in [3.05, 3.63) is 35.4 Å². The molecule has 0 amide bonds. The lowest BCUT2D eigenvalue weighted by Crippen LogP contribution is -2.67. The normalized spacial score (nSPS) is 30.5. The third kappa shape index (κ3) is 3.67. The number of nitrogens with one attached hydrogen (secondary N) is 1. The van der Waals surface area contributed by atoms with E-state index in [1.165, 1.54) is 24.0 Å². The molecule has 1 saturated heterocycles. The molecule has 2 rings (SSSR count). The van der Waals surface area contributed by atoms with Gasteiger partial charge in [0, 0.05) is 30.7 Å². The van der Waals surface area contributed by atoms with Gasteiger partial charge in [0.25, 0.3) is 0 Å². The van der Waals surface area contributed by atoms with Crippen molar-refractivity contribution in [2.45, 2.75) is 71.5 Å². The Hall–Kier alpha value is -0.860. The van der Waals surface area contributed by atoms with Gasteiger partial charge < -0.3 is 5.32 Å². The molecule has 1 aromatic carbocycles. The van der Waals surface area contributed by atoms with Gasteiger partial charge in [-0.2, -0.15) is 0 Å². The van der Waals surface area contributed by atoms with Gasteiger partial charge in [0.05, 0.1) is 0 Å². The largest absolute Gasteiger partial charge is 0.308 e. The minimum absolute atomic E-state index is 0.248. The topological polar surface area (TPSA) is 15.3 Å². The highest BCUT2D eigenvalue weighted by atomic mass is 15.3. The van der Waals surface area contributed by atoms with Crippen LogP contribution in [0.25, 0.3) is 0 Å². The Balaban J connectivity index is 2.15. The Kier molecular flexibility index (Phi) is 5.11. The summed E-state index contributed by atoms with van der Waals surface area (Å²) < 4.78 is 0. The zero-order valence-corrected chi connectivity index (χ0v) is 14.5. The molecule has 0 aliphatic carbocycles. The minimum atomic E-state index is 0.248. The molecule has 0 saturated carbocycles. The van der Waals surface area contributed by atoms with Crippen LogP contribution in [0, 0.1) is 0 Å². The summed E-state index contributed by atoms with van der Waals surface area (Å²) in [4.78, 5) is 2.69.